The number of anilines is 1. The van der Waals surface area contributed by atoms with Crippen LogP contribution in [-0.2, 0) is 11.3 Å². The second-order valence-corrected chi connectivity index (χ2v) is 4.94. The van der Waals surface area contributed by atoms with Crippen LogP contribution in [0.2, 0.25) is 5.02 Å². The third kappa shape index (κ3) is 4.31. The molecule has 0 aliphatic heterocycles. The maximum atomic E-state index is 12.1. The number of hydrogen-bond donors (Lipinski definition) is 2. The van der Waals surface area contributed by atoms with Gasteiger partial charge < -0.3 is 10.1 Å². The molecule has 0 radical (unpaired) electrons. The van der Waals surface area contributed by atoms with E-state index in [1.165, 1.54) is 0 Å². The average Bonchev–Trinajstić information content (AvgIpc) is 2.50. The van der Waals surface area contributed by atoms with Crippen molar-refractivity contribution in [3.63, 3.8) is 0 Å². The summed E-state index contributed by atoms with van der Waals surface area (Å²) in [6.07, 6.45) is 0. The number of nitrogens with one attached hydrogen (secondary N) is 2. The molecule has 2 aromatic carbocycles. The number of carbonyl (C=O) groups excluding carboxylic acids is 2. The molecular formula is C16H15ClN2O3. The van der Waals surface area contributed by atoms with Crippen molar-refractivity contribution in [1.82, 2.24) is 5.32 Å². The maximum absolute atomic E-state index is 12.1. The average molecular weight is 319 g/mol. The number of ether oxygens (including phenoxy) is 1. The second kappa shape index (κ2) is 7.59. The Morgan fingerprint density at radius 2 is 1.77 bits per heavy atom. The Kier molecular flexibility index (Phi) is 5.52. The molecule has 0 heterocycles. The number of urea groups is 1. The lowest BCUT2D eigenvalue weighted by molar-refractivity contribution is 0.0962. The van der Waals surface area contributed by atoms with Crippen LogP contribution in [0.5, 0.6) is 0 Å². The summed E-state index contributed by atoms with van der Waals surface area (Å²) in [4.78, 5) is 24.0. The van der Waals surface area contributed by atoms with Crippen LogP contribution < -0.4 is 10.6 Å². The van der Waals surface area contributed by atoms with Gasteiger partial charge >= 0.3 is 6.03 Å². The number of imide groups is 1. The summed E-state index contributed by atoms with van der Waals surface area (Å²) in [6.45, 7) is 0.294. The van der Waals surface area contributed by atoms with Gasteiger partial charge in [-0.15, -0.1) is 0 Å². The number of halogens is 1. The molecule has 0 aromatic heterocycles. The SMILES string of the molecule is COCc1ccccc1C(=O)NC(=O)Nc1ccc(Cl)cc1. The largest absolute Gasteiger partial charge is 0.380 e. The summed E-state index contributed by atoms with van der Waals surface area (Å²) in [5, 5.41) is 5.41. The Bertz CT molecular complexity index is 671. The Labute approximate surface area is 133 Å². The van der Waals surface area contributed by atoms with Gasteiger partial charge in [-0.3, -0.25) is 10.1 Å². The van der Waals surface area contributed by atoms with E-state index in [4.69, 9.17) is 16.3 Å². The van der Waals surface area contributed by atoms with Crippen LogP contribution in [0.4, 0.5) is 10.5 Å². The lowest BCUT2D eigenvalue weighted by atomic mass is 10.1. The van der Waals surface area contributed by atoms with Crippen LogP contribution in [0.15, 0.2) is 48.5 Å². The standard InChI is InChI=1S/C16H15ClN2O3/c1-22-10-11-4-2-3-5-14(11)15(20)19-16(21)18-13-8-6-12(17)7-9-13/h2-9H,10H2,1H3,(H2,18,19,20,21). The van der Waals surface area contributed by atoms with Gasteiger partial charge in [0, 0.05) is 23.4 Å². The Hall–Kier alpha value is -2.37. The highest BCUT2D eigenvalue weighted by Gasteiger charge is 2.13. The van der Waals surface area contributed by atoms with Crippen molar-refractivity contribution < 1.29 is 14.3 Å². The summed E-state index contributed by atoms with van der Waals surface area (Å²) < 4.78 is 5.04. The molecule has 0 unspecified atom stereocenters. The fourth-order valence-electron chi connectivity index (χ4n) is 1.89. The topological polar surface area (TPSA) is 67.4 Å². The zero-order valence-electron chi connectivity index (χ0n) is 11.9. The van der Waals surface area contributed by atoms with Gasteiger partial charge in [-0.25, -0.2) is 4.79 Å². The predicted octanol–water partition coefficient (Wildman–Crippen LogP) is 3.45. The van der Waals surface area contributed by atoms with Crippen molar-refractivity contribution in [1.29, 1.82) is 0 Å². The highest BCUT2D eigenvalue weighted by molar-refractivity contribution is 6.30. The Morgan fingerprint density at radius 1 is 1.09 bits per heavy atom. The fourth-order valence-corrected chi connectivity index (χ4v) is 2.02. The molecule has 2 N–H and O–H groups in total. The van der Waals surface area contributed by atoms with Crippen LogP contribution in [0.1, 0.15) is 15.9 Å². The molecule has 2 rings (SSSR count). The minimum Gasteiger partial charge on any atom is -0.380 e. The first-order chi connectivity index (χ1) is 10.6. The van der Waals surface area contributed by atoms with Gasteiger partial charge in [-0.1, -0.05) is 29.8 Å². The van der Waals surface area contributed by atoms with Gasteiger partial charge in [0.15, 0.2) is 0 Å². The molecule has 3 amide bonds. The molecule has 0 saturated carbocycles. The van der Waals surface area contributed by atoms with Gasteiger partial charge in [-0.05, 0) is 35.9 Å². The normalized spacial score (nSPS) is 10.1. The number of carbonyl (C=O) groups is 2. The molecule has 0 aliphatic carbocycles. The quantitative estimate of drug-likeness (QED) is 0.907. The van der Waals surface area contributed by atoms with E-state index < -0.39 is 11.9 Å². The van der Waals surface area contributed by atoms with E-state index in [0.717, 1.165) is 0 Å². The van der Waals surface area contributed by atoms with Crippen LogP contribution in [0.25, 0.3) is 0 Å². The number of benzene rings is 2. The van der Waals surface area contributed by atoms with E-state index in [1.807, 2.05) is 0 Å². The summed E-state index contributed by atoms with van der Waals surface area (Å²) in [5.74, 6) is -0.487. The predicted molar refractivity (Wildman–Crippen MR) is 85.1 cm³/mol. The highest BCUT2D eigenvalue weighted by Crippen LogP contribution is 2.13. The molecule has 22 heavy (non-hydrogen) atoms. The van der Waals surface area contributed by atoms with E-state index >= 15 is 0 Å². The lowest BCUT2D eigenvalue weighted by Crippen LogP contribution is -2.34. The number of hydrogen-bond acceptors (Lipinski definition) is 3. The molecule has 6 heteroatoms. The van der Waals surface area contributed by atoms with Crippen LogP contribution in [0, 0.1) is 0 Å². The monoisotopic (exact) mass is 318 g/mol. The summed E-state index contributed by atoms with van der Waals surface area (Å²) in [7, 11) is 1.54. The Balaban J connectivity index is 2.02. The third-order valence-electron chi connectivity index (χ3n) is 2.89. The van der Waals surface area contributed by atoms with Crippen molar-refractivity contribution in [2.75, 3.05) is 12.4 Å². The molecule has 0 saturated heterocycles. The van der Waals surface area contributed by atoms with E-state index in [9.17, 15) is 9.59 Å². The van der Waals surface area contributed by atoms with E-state index in [-0.39, 0.29) is 0 Å². The second-order valence-electron chi connectivity index (χ2n) is 4.51. The maximum Gasteiger partial charge on any atom is 0.326 e. The van der Waals surface area contributed by atoms with E-state index in [1.54, 1.807) is 55.6 Å². The molecule has 0 bridgehead atoms. The van der Waals surface area contributed by atoms with Crippen molar-refractivity contribution in [2.24, 2.45) is 0 Å². The summed E-state index contributed by atoms with van der Waals surface area (Å²) >= 11 is 5.77. The van der Waals surface area contributed by atoms with Gasteiger partial charge in [0.1, 0.15) is 0 Å². The van der Waals surface area contributed by atoms with Crippen LogP contribution in [0.3, 0.4) is 0 Å². The summed E-state index contributed by atoms with van der Waals surface area (Å²) in [5.41, 5.74) is 1.65. The van der Waals surface area contributed by atoms with Gasteiger partial charge in [0.2, 0.25) is 0 Å². The molecule has 2 aromatic rings. The summed E-state index contributed by atoms with van der Waals surface area (Å²) in [6, 6.07) is 12.9. The van der Waals surface area contributed by atoms with Crippen LogP contribution >= 0.6 is 11.6 Å². The minimum atomic E-state index is -0.612. The minimum absolute atomic E-state index is 0.294. The lowest BCUT2D eigenvalue weighted by Gasteiger charge is -2.10. The number of methoxy groups -OCH3 is 1. The first kappa shape index (κ1) is 16.0. The first-order valence-electron chi connectivity index (χ1n) is 6.55. The van der Waals surface area contributed by atoms with Crippen LogP contribution in [-0.4, -0.2) is 19.0 Å². The molecule has 0 aliphatic rings. The molecule has 5 nitrogen and oxygen atoms in total. The van der Waals surface area contributed by atoms with Gasteiger partial charge in [0.05, 0.1) is 6.61 Å². The van der Waals surface area contributed by atoms with Crippen molar-refractivity contribution >= 4 is 29.2 Å². The highest BCUT2D eigenvalue weighted by atomic mass is 35.5. The van der Waals surface area contributed by atoms with E-state index in [0.29, 0.717) is 28.4 Å². The van der Waals surface area contributed by atoms with Crippen molar-refractivity contribution in [3.8, 4) is 0 Å². The van der Waals surface area contributed by atoms with Gasteiger partial charge in [0.25, 0.3) is 5.91 Å². The smallest absolute Gasteiger partial charge is 0.326 e. The molecule has 0 atom stereocenters. The van der Waals surface area contributed by atoms with Crippen molar-refractivity contribution in [2.45, 2.75) is 6.61 Å². The fraction of sp³-hybridized carbons (Fsp3) is 0.125. The zero-order valence-corrected chi connectivity index (χ0v) is 12.7. The first-order valence-corrected chi connectivity index (χ1v) is 6.92. The molecular weight excluding hydrogens is 304 g/mol. The molecule has 114 valence electrons. The number of amides is 3. The number of rotatable bonds is 4. The molecule has 0 fully saturated rings. The third-order valence-corrected chi connectivity index (χ3v) is 3.14. The zero-order chi connectivity index (χ0) is 15.9. The van der Waals surface area contributed by atoms with E-state index in [2.05, 4.69) is 10.6 Å². The Morgan fingerprint density at radius 3 is 2.45 bits per heavy atom. The van der Waals surface area contributed by atoms with Crippen molar-refractivity contribution in [3.05, 3.63) is 64.7 Å². The molecule has 0 spiro atoms. The van der Waals surface area contributed by atoms with Gasteiger partial charge in [-0.2, -0.15) is 0 Å².